The topological polar surface area (TPSA) is 56.7 Å². The molecule has 1 amide bonds. The summed E-state index contributed by atoms with van der Waals surface area (Å²) in [6, 6.07) is 7.51. The Labute approximate surface area is 151 Å². The third-order valence-electron chi connectivity index (χ3n) is 4.10. The van der Waals surface area contributed by atoms with Gasteiger partial charge in [0, 0.05) is 54.7 Å². The fraction of sp³-hybridized carbons (Fsp3) is 0.368. The van der Waals surface area contributed by atoms with Gasteiger partial charge in [-0.15, -0.1) is 11.3 Å². The third kappa shape index (κ3) is 4.89. The van der Waals surface area contributed by atoms with E-state index in [1.54, 1.807) is 23.6 Å². The molecule has 130 valence electrons. The summed E-state index contributed by atoms with van der Waals surface area (Å²) in [6.45, 7) is 4.08. The average molecular weight is 355 g/mol. The highest BCUT2D eigenvalue weighted by Crippen LogP contribution is 2.17. The van der Waals surface area contributed by atoms with Crippen molar-refractivity contribution in [2.24, 2.45) is 0 Å². The van der Waals surface area contributed by atoms with Crippen molar-refractivity contribution in [3.8, 4) is 11.8 Å². The standard InChI is InChI=1S/C19H21N3O2S/c23-12-3-5-16-13-17(25-15-16)14-21-8-4-9-22(11-10-21)19(24)18-6-1-2-7-20-18/h1-2,6-7,13,15,23H,4,8-12,14H2. The molecule has 0 atom stereocenters. The highest BCUT2D eigenvalue weighted by Gasteiger charge is 2.21. The van der Waals surface area contributed by atoms with E-state index in [2.05, 4.69) is 27.8 Å². The van der Waals surface area contributed by atoms with Crippen molar-refractivity contribution in [3.63, 3.8) is 0 Å². The number of nitrogens with zero attached hydrogens (tertiary/aromatic N) is 3. The molecule has 1 N–H and O–H groups in total. The number of carbonyl (C=O) groups is 1. The molecule has 1 saturated heterocycles. The van der Waals surface area contributed by atoms with E-state index in [1.165, 1.54) is 4.88 Å². The second-order valence-corrected chi connectivity index (χ2v) is 6.89. The van der Waals surface area contributed by atoms with Crippen LogP contribution < -0.4 is 0 Å². The lowest BCUT2D eigenvalue weighted by atomic mass is 10.3. The van der Waals surface area contributed by atoms with Gasteiger partial charge < -0.3 is 10.0 Å². The molecule has 25 heavy (non-hydrogen) atoms. The minimum atomic E-state index is -0.114. The number of aliphatic hydroxyl groups excluding tert-OH is 1. The molecular formula is C19H21N3O2S. The second kappa shape index (κ2) is 8.77. The zero-order valence-corrected chi connectivity index (χ0v) is 14.8. The van der Waals surface area contributed by atoms with Crippen molar-refractivity contribution in [1.82, 2.24) is 14.8 Å². The molecule has 0 radical (unpaired) electrons. The lowest BCUT2D eigenvalue weighted by Gasteiger charge is -2.21. The summed E-state index contributed by atoms with van der Waals surface area (Å²) in [6.07, 6.45) is 2.62. The SMILES string of the molecule is O=C(c1ccccn1)N1CCCN(Cc2cc(C#CCO)cs2)CC1. The first-order chi connectivity index (χ1) is 12.3. The Morgan fingerprint density at radius 2 is 2.20 bits per heavy atom. The van der Waals surface area contributed by atoms with Crippen LogP contribution in [0.4, 0.5) is 0 Å². The number of hydrogen-bond acceptors (Lipinski definition) is 5. The summed E-state index contributed by atoms with van der Waals surface area (Å²) < 4.78 is 0. The molecule has 6 heteroatoms. The normalized spacial score (nSPS) is 15.3. The van der Waals surface area contributed by atoms with E-state index < -0.39 is 0 Å². The van der Waals surface area contributed by atoms with Crippen LogP contribution in [0.25, 0.3) is 0 Å². The second-order valence-electron chi connectivity index (χ2n) is 5.90. The molecule has 3 heterocycles. The number of hydrogen-bond donors (Lipinski definition) is 1. The molecule has 2 aromatic heterocycles. The van der Waals surface area contributed by atoms with Crippen LogP contribution >= 0.6 is 11.3 Å². The molecule has 1 aliphatic heterocycles. The number of rotatable bonds is 3. The predicted octanol–water partition coefficient (Wildman–Crippen LogP) is 1.84. The average Bonchev–Trinajstić information content (AvgIpc) is 2.96. The van der Waals surface area contributed by atoms with Gasteiger partial charge in [-0.2, -0.15) is 0 Å². The summed E-state index contributed by atoms with van der Waals surface area (Å²) >= 11 is 1.69. The smallest absolute Gasteiger partial charge is 0.272 e. The molecule has 0 aromatic carbocycles. The van der Waals surface area contributed by atoms with Crippen LogP contribution in [0.3, 0.4) is 0 Å². The summed E-state index contributed by atoms with van der Waals surface area (Å²) in [5.74, 6) is 5.62. The molecule has 2 aromatic rings. The van der Waals surface area contributed by atoms with Crippen molar-refractivity contribution in [1.29, 1.82) is 0 Å². The summed E-state index contributed by atoms with van der Waals surface area (Å²) in [5.41, 5.74) is 1.47. The van der Waals surface area contributed by atoms with Crippen molar-refractivity contribution in [2.45, 2.75) is 13.0 Å². The van der Waals surface area contributed by atoms with Gasteiger partial charge in [-0.05, 0) is 24.6 Å². The lowest BCUT2D eigenvalue weighted by Crippen LogP contribution is -2.35. The maximum atomic E-state index is 12.5. The number of pyridine rings is 1. The van der Waals surface area contributed by atoms with Crippen LogP contribution in [-0.2, 0) is 6.54 Å². The Hall–Kier alpha value is -2.20. The quantitative estimate of drug-likeness (QED) is 0.854. The van der Waals surface area contributed by atoms with Crippen molar-refractivity contribution < 1.29 is 9.90 Å². The van der Waals surface area contributed by atoms with Gasteiger partial charge in [0.1, 0.15) is 12.3 Å². The molecule has 0 aliphatic carbocycles. The Balaban J connectivity index is 1.56. The van der Waals surface area contributed by atoms with Gasteiger partial charge in [-0.25, -0.2) is 0 Å². The molecule has 0 unspecified atom stereocenters. The number of carbonyl (C=O) groups excluding carboxylic acids is 1. The first kappa shape index (κ1) is 17.6. The lowest BCUT2D eigenvalue weighted by molar-refractivity contribution is 0.0755. The summed E-state index contributed by atoms with van der Waals surface area (Å²) in [7, 11) is 0. The van der Waals surface area contributed by atoms with E-state index in [-0.39, 0.29) is 12.5 Å². The van der Waals surface area contributed by atoms with Crippen LogP contribution in [0, 0.1) is 11.8 Å². The Morgan fingerprint density at radius 3 is 3.00 bits per heavy atom. The van der Waals surface area contributed by atoms with Gasteiger partial charge in [0.15, 0.2) is 0 Å². The molecule has 1 fully saturated rings. The number of aliphatic hydroxyl groups is 1. The minimum absolute atomic E-state index is 0.0140. The fourth-order valence-corrected chi connectivity index (χ4v) is 3.73. The molecule has 5 nitrogen and oxygen atoms in total. The van der Waals surface area contributed by atoms with Gasteiger partial charge in [0.2, 0.25) is 0 Å². The monoisotopic (exact) mass is 355 g/mol. The summed E-state index contributed by atoms with van der Waals surface area (Å²) in [5, 5.41) is 10.8. The van der Waals surface area contributed by atoms with Crippen LogP contribution in [0.5, 0.6) is 0 Å². The van der Waals surface area contributed by atoms with Gasteiger partial charge in [0.25, 0.3) is 5.91 Å². The predicted molar refractivity (Wildman–Crippen MR) is 98.3 cm³/mol. The van der Waals surface area contributed by atoms with E-state index in [0.29, 0.717) is 5.69 Å². The van der Waals surface area contributed by atoms with Gasteiger partial charge in [-0.3, -0.25) is 14.7 Å². The Morgan fingerprint density at radius 1 is 1.28 bits per heavy atom. The molecule has 0 bridgehead atoms. The third-order valence-corrected chi connectivity index (χ3v) is 5.03. The zero-order valence-electron chi connectivity index (χ0n) is 14.0. The maximum Gasteiger partial charge on any atom is 0.272 e. The Bertz CT molecular complexity index is 764. The van der Waals surface area contributed by atoms with Crippen LogP contribution in [0.2, 0.25) is 0 Å². The van der Waals surface area contributed by atoms with Crippen molar-refractivity contribution in [3.05, 3.63) is 52.0 Å². The van der Waals surface area contributed by atoms with E-state index in [1.807, 2.05) is 22.4 Å². The molecular weight excluding hydrogens is 334 g/mol. The molecule has 3 rings (SSSR count). The van der Waals surface area contributed by atoms with Gasteiger partial charge >= 0.3 is 0 Å². The number of aromatic nitrogens is 1. The zero-order chi connectivity index (χ0) is 17.5. The highest BCUT2D eigenvalue weighted by atomic mass is 32.1. The largest absolute Gasteiger partial charge is 0.384 e. The van der Waals surface area contributed by atoms with Crippen LogP contribution in [-0.4, -0.2) is 58.6 Å². The highest BCUT2D eigenvalue weighted by molar-refractivity contribution is 7.10. The van der Waals surface area contributed by atoms with Gasteiger partial charge in [0.05, 0.1) is 0 Å². The van der Waals surface area contributed by atoms with Crippen LogP contribution in [0.1, 0.15) is 27.3 Å². The van der Waals surface area contributed by atoms with E-state index in [4.69, 9.17) is 5.11 Å². The minimum Gasteiger partial charge on any atom is -0.384 e. The first-order valence-corrected chi connectivity index (χ1v) is 9.24. The molecule has 1 aliphatic rings. The Kier molecular flexibility index (Phi) is 6.18. The van der Waals surface area contributed by atoms with Crippen molar-refractivity contribution >= 4 is 17.2 Å². The summed E-state index contributed by atoms with van der Waals surface area (Å²) in [4.78, 5) is 22.2. The molecule has 0 saturated carbocycles. The van der Waals surface area contributed by atoms with Crippen LogP contribution in [0.15, 0.2) is 35.8 Å². The number of amides is 1. The van der Waals surface area contributed by atoms with E-state index >= 15 is 0 Å². The van der Waals surface area contributed by atoms with Gasteiger partial charge in [-0.1, -0.05) is 17.9 Å². The fourth-order valence-electron chi connectivity index (χ4n) is 2.87. The molecule has 0 spiro atoms. The van der Waals surface area contributed by atoms with Crippen molar-refractivity contribution in [2.75, 3.05) is 32.8 Å². The first-order valence-electron chi connectivity index (χ1n) is 8.36. The maximum absolute atomic E-state index is 12.5. The van der Waals surface area contributed by atoms with E-state index in [0.717, 1.165) is 44.7 Å². The number of thiophene rings is 1. The van der Waals surface area contributed by atoms with E-state index in [9.17, 15) is 4.79 Å².